The Labute approximate surface area is 170 Å². The molecule has 0 atom stereocenters. The molecule has 0 saturated carbocycles. The van der Waals surface area contributed by atoms with Gasteiger partial charge in [-0.05, 0) is 52.0 Å². The summed E-state index contributed by atoms with van der Waals surface area (Å²) in [6.07, 6.45) is 0.607. The summed E-state index contributed by atoms with van der Waals surface area (Å²) in [6.45, 7) is 0.200. The smallest absolute Gasteiger partial charge is 0.261 e. The first-order valence-corrected chi connectivity index (χ1v) is 9.78. The number of nitrogens with one attached hydrogen (secondary N) is 1. The number of rotatable bonds is 5. The van der Waals surface area contributed by atoms with E-state index in [1.54, 1.807) is 18.2 Å². The highest BCUT2D eigenvalue weighted by atomic mass is 79.9. The predicted molar refractivity (Wildman–Crippen MR) is 111 cm³/mol. The molecule has 3 aromatic rings. The van der Waals surface area contributed by atoms with Crippen LogP contribution < -0.4 is 5.32 Å². The molecule has 0 aromatic heterocycles. The van der Waals surface area contributed by atoms with Crippen molar-refractivity contribution in [1.82, 2.24) is 4.90 Å². The number of benzene rings is 3. The molecule has 0 fully saturated rings. The number of hydrogen-bond donors (Lipinski definition) is 1. The maximum absolute atomic E-state index is 12.8. The molecule has 0 aliphatic carbocycles. The van der Waals surface area contributed by atoms with Gasteiger partial charge in [0.05, 0.1) is 5.69 Å². The van der Waals surface area contributed by atoms with Gasteiger partial charge < -0.3 is 5.32 Å². The third kappa shape index (κ3) is 3.31. The average molecular weight is 437 g/mol. The van der Waals surface area contributed by atoms with Crippen molar-refractivity contribution in [2.75, 3.05) is 11.9 Å². The Kier molecular flexibility index (Phi) is 4.96. The lowest BCUT2D eigenvalue weighted by Gasteiger charge is -2.27. The minimum atomic E-state index is -0.305. The largest absolute Gasteiger partial charge is 0.325 e. The molecular formula is C22H17BrN2O3. The fraction of sp³-hybridized carbons (Fsp3) is 0.136. The van der Waals surface area contributed by atoms with Crippen LogP contribution in [0.2, 0.25) is 0 Å². The van der Waals surface area contributed by atoms with Gasteiger partial charge in [-0.3, -0.25) is 19.3 Å². The molecule has 0 saturated heterocycles. The van der Waals surface area contributed by atoms with E-state index >= 15 is 0 Å². The quantitative estimate of drug-likeness (QED) is 0.593. The Hall–Kier alpha value is -2.99. The number of hydrogen-bond acceptors (Lipinski definition) is 3. The van der Waals surface area contributed by atoms with E-state index in [0.717, 1.165) is 9.86 Å². The second kappa shape index (κ2) is 7.56. The number of anilines is 1. The normalized spacial score (nSPS) is 13.1. The van der Waals surface area contributed by atoms with E-state index in [4.69, 9.17) is 0 Å². The number of carbonyl (C=O) groups excluding carboxylic acids is 3. The molecule has 1 heterocycles. The Morgan fingerprint density at radius 2 is 1.54 bits per heavy atom. The molecule has 140 valence electrons. The summed E-state index contributed by atoms with van der Waals surface area (Å²) in [6, 6.07) is 18.3. The molecule has 3 amide bonds. The third-order valence-corrected chi connectivity index (χ3v) is 5.48. The van der Waals surface area contributed by atoms with Crippen LogP contribution in [0.15, 0.2) is 65.1 Å². The molecule has 0 unspecified atom stereocenters. The number of imide groups is 1. The number of amides is 3. The zero-order chi connectivity index (χ0) is 19.7. The van der Waals surface area contributed by atoms with Crippen molar-refractivity contribution in [3.63, 3.8) is 0 Å². The van der Waals surface area contributed by atoms with Gasteiger partial charge in [0.1, 0.15) is 0 Å². The summed E-state index contributed by atoms with van der Waals surface area (Å²) in [5.74, 6) is -0.771. The van der Waals surface area contributed by atoms with Gasteiger partial charge in [0.25, 0.3) is 11.8 Å². The van der Waals surface area contributed by atoms with Crippen LogP contribution in [0.25, 0.3) is 10.8 Å². The van der Waals surface area contributed by atoms with Crippen LogP contribution in [0.4, 0.5) is 5.69 Å². The zero-order valence-electron chi connectivity index (χ0n) is 14.9. The highest BCUT2D eigenvalue weighted by molar-refractivity contribution is 9.10. The molecule has 3 aromatic carbocycles. The first-order chi connectivity index (χ1) is 13.6. The van der Waals surface area contributed by atoms with E-state index in [9.17, 15) is 14.4 Å². The number of halogens is 1. The van der Waals surface area contributed by atoms with E-state index < -0.39 is 0 Å². The standard InChI is InChI=1S/C22H17BrN2O3/c23-17-10-1-2-11-18(17)24-19(26)12-5-13-25-21(27)15-8-3-6-14-7-4-9-16(20(14)15)22(25)28/h1-4,6-11H,5,12-13H2,(H,24,26). The zero-order valence-corrected chi connectivity index (χ0v) is 16.5. The van der Waals surface area contributed by atoms with E-state index in [1.807, 2.05) is 42.5 Å². The Bertz CT molecular complexity index is 1060. The molecule has 28 heavy (non-hydrogen) atoms. The van der Waals surface area contributed by atoms with Gasteiger partial charge in [-0.2, -0.15) is 0 Å². The number of nitrogens with zero attached hydrogens (tertiary/aromatic N) is 1. The summed E-state index contributed by atoms with van der Waals surface area (Å²) in [4.78, 5) is 39.1. The van der Waals surface area contributed by atoms with Gasteiger partial charge in [-0.15, -0.1) is 0 Å². The second-order valence-corrected chi connectivity index (χ2v) is 7.46. The predicted octanol–water partition coefficient (Wildman–Crippen LogP) is 4.62. The Balaban J connectivity index is 1.45. The fourth-order valence-corrected chi connectivity index (χ4v) is 3.84. The van der Waals surface area contributed by atoms with Crippen molar-refractivity contribution in [2.45, 2.75) is 12.8 Å². The van der Waals surface area contributed by atoms with Crippen molar-refractivity contribution >= 4 is 50.1 Å². The summed E-state index contributed by atoms with van der Waals surface area (Å²) < 4.78 is 0.800. The highest BCUT2D eigenvalue weighted by Crippen LogP contribution is 2.30. The van der Waals surface area contributed by atoms with Crippen molar-refractivity contribution < 1.29 is 14.4 Å². The SMILES string of the molecule is O=C(CCCN1C(=O)c2cccc3cccc(c23)C1=O)Nc1ccccc1Br. The van der Waals surface area contributed by atoms with Gasteiger partial charge >= 0.3 is 0 Å². The topological polar surface area (TPSA) is 66.5 Å². The van der Waals surface area contributed by atoms with Crippen LogP contribution >= 0.6 is 15.9 Å². The van der Waals surface area contributed by atoms with E-state index in [1.165, 1.54) is 4.90 Å². The molecule has 0 spiro atoms. The lowest BCUT2D eigenvalue weighted by Crippen LogP contribution is -2.41. The Morgan fingerprint density at radius 3 is 2.18 bits per heavy atom. The first kappa shape index (κ1) is 18.4. The van der Waals surface area contributed by atoms with Crippen LogP contribution in [-0.4, -0.2) is 29.2 Å². The molecule has 6 heteroatoms. The average Bonchev–Trinajstić information content (AvgIpc) is 2.70. The highest BCUT2D eigenvalue weighted by Gasteiger charge is 2.32. The number of para-hydroxylation sites is 1. The lowest BCUT2D eigenvalue weighted by molar-refractivity contribution is -0.116. The molecular weight excluding hydrogens is 420 g/mol. The van der Waals surface area contributed by atoms with Crippen LogP contribution in [0, 0.1) is 0 Å². The van der Waals surface area contributed by atoms with Crippen LogP contribution in [0.5, 0.6) is 0 Å². The van der Waals surface area contributed by atoms with Gasteiger partial charge in [-0.1, -0.05) is 36.4 Å². The number of carbonyl (C=O) groups is 3. The van der Waals surface area contributed by atoms with Crippen molar-refractivity contribution in [1.29, 1.82) is 0 Å². The third-order valence-electron chi connectivity index (χ3n) is 4.79. The summed E-state index contributed by atoms with van der Waals surface area (Å²) in [5.41, 5.74) is 1.76. The van der Waals surface area contributed by atoms with Gasteiger partial charge in [-0.25, -0.2) is 0 Å². The van der Waals surface area contributed by atoms with Gasteiger partial charge in [0.2, 0.25) is 5.91 Å². The maximum Gasteiger partial charge on any atom is 0.261 e. The van der Waals surface area contributed by atoms with E-state index in [-0.39, 0.29) is 30.7 Å². The molecule has 1 aliphatic heterocycles. The fourth-order valence-electron chi connectivity index (χ4n) is 3.46. The molecule has 4 rings (SSSR count). The van der Waals surface area contributed by atoms with Crippen molar-refractivity contribution in [3.8, 4) is 0 Å². The van der Waals surface area contributed by atoms with E-state index in [2.05, 4.69) is 21.2 Å². The summed E-state index contributed by atoms with van der Waals surface area (Å²) in [7, 11) is 0. The molecule has 0 bridgehead atoms. The lowest BCUT2D eigenvalue weighted by atomic mass is 9.94. The van der Waals surface area contributed by atoms with Gasteiger partial charge in [0, 0.05) is 34.0 Å². The van der Waals surface area contributed by atoms with Crippen molar-refractivity contribution in [3.05, 3.63) is 76.3 Å². The molecule has 1 N–H and O–H groups in total. The maximum atomic E-state index is 12.8. The van der Waals surface area contributed by atoms with Crippen molar-refractivity contribution in [2.24, 2.45) is 0 Å². The van der Waals surface area contributed by atoms with E-state index in [0.29, 0.717) is 28.6 Å². The summed E-state index contributed by atoms with van der Waals surface area (Å²) >= 11 is 3.39. The monoisotopic (exact) mass is 436 g/mol. The van der Waals surface area contributed by atoms with Crippen LogP contribution in [-0.2, 0) is 4.79 Å². The Morgan fingerprint density at radius 1 is 0.893 bits per heavy atom. The minimum absolute atomic E-state index is 0.161. The summed E-state index contributed by atoms with van der Waals surface area (Å²) in [5, 5.41) is 4.42. The molecule has 0 radical (unpaired) electrons. The molecule has 1 aliphatic rings. The first-order valence-electron chi connectivity index (χ1n) is 8.98. The van der Waals surface area contributed by atoms with Crippen LogP contribution in [0.3, 0.4) is 0 Å². The van der Waals surface area contributed by atoms with Gasteiger partial charge in [0.15, 0.2) is 0 Å². The minimum Gasteiger partial charge on any atom is -0.325 e. The molecule has 5 nitrogen and oxygen atoms in total. The second-order valence-electron chi connectivity index (χ2n) is 6.60. The van der Waals surface area contributed by atoms with Crippen LogP contribution in [0.1, 0.15) is 33.6 Å².